The van der Waals surface area contributed by atoms with Gasteiger partial charge in [-0.05, 0) is 42.7 Å². The average molecular weight is 464 g/mol. The molecule has 0 fully saturated rings. The molecule has 0 aliphatic rings. The molecule has 0 saturated carbocycles. The number of carbonyl (C=O) groups excluding carboxylic acids is 1. The summed E-state index contributed by atoms with van der Waals surface area (Å²) in [7, 11) is 4.94. The maximum Gasteiger partial charge on any atom is 0.340 e. The number of imidazole rings is 1. The summed E-state index contributed by atoms with van der Waals surface area (Å²) < 4.78 is 18.3. The molecule has 0 unspecified atom stereocenters. The average Bonchev–Trinajstić information content (AvgIpc) is 3.15. The van der Waals surface area contributed by atoms with Crippen molar-refractivity contribution in [2.24, 2.45) is 13.0 Å². The number of amides is 1. The van der Waals surface area contributed by atoms with Crippen LogP contribution in [0.1, 0.15) is 36.8 Å². The van der Waals surface area contributed by atoms with E-state index in [1.54, 1.807) is 19.1 Å². The molecule has 0 bridgehead atoms. The number of ether oxygens (including phenoxy) is 2. The Hall–Kier alpha value is -3.81. The van der Waals surface area contributed by atoms with E-state index >= 15 is 0 Å². The van der Waals surface area contributed by atoms with Crippen molar-refractivity contribution in [2.45, 2.75) is 33.2 Å². The highest BCUT2D eigenvalue weighted by molar-refractivity contribution is 5.90. The molecule has 4 aromatic rings. The Labute approximate surface area is 197 Å². The van der Waals surface area contributed by atoms with Gasteiger partial charge in [0.25, 0.3) is 0 Å². The van der Waals surface area contributed by atoms with E-state index in [1.807, 2.05) is 49.7 Å². The molecule has 34 heavy (non-hydrogen) atoms. The van der Waals surface area contributed by atoms with Crippen LogP contribution in [0.25, 0.3) is 22.0 Å². The second-order valence-electron chi connectivity index (χ2n) is 8.65. The van der Waals surface area contributed by atoms with Crippen molar-refractivity contribution in [3.8, 4) is 11.5 Å². The number of nitrogens with zero attached hydrogens (tertiary/aromatic N) is 2. The molecule has 1 N–H and O–H groups in total. The van der Waals surface area contributed by atoms with Gasteiger partial charge in [-0.3, -0.25) is 4.79 Å². The number of aryl methyl sites for hydroxylation is 2. The lowest BCUT2D eigenvalue weighted by molar-refractivity contribution is -0.121. The highest BCUT2D eigenvalue weighted by Crippen LogP contribution is 2.36. The molecule has 0 spiro atoms. The number of nitrogens with one attached hydrogen (secondary N) is 1. The van der Waals surface area contributed by atoms with Gasteiger partial charge in [0.2, 0.25) is 11.7 Å². The molecule has 0 aliphatic carbocycles. The summed E-state index contributed by atoms with van der Waals surface area (Å²) >= 11 is 0. The summed E-state index contributed by atoms with van der Waals surface area (Å²) in [6.45, 7) is 5.86. The lowest BCUT2D eigenvalue weighted by atomic mass is 10.0. The molecule has 0 aliphatic heterocycles. The summed E-state index contributed by atoms with van der Waals surface area (Å²) in [6, 6.07) is 11.1. The lowest BCUT2D eigenvalue weighted by Gasteiger charge is -2.22. The number of hydrogen-bond donors (Lipinski definition) is 1. The third-order valence-corrected chi connectivity index (χ3v) is 6.22. The highest BCUT2D eigenvalue weighted by atomic mass is 16.5. The number of fused-ring (bicyclic) bond motifs is 2. The molecular formula is C26H29N3O5. The molecule has 1 atom stereocenters. The number of benzene rings is 2. The van der Waals surface area contributed by atoms with E-state index in [0.29, 0.717) is 33.6 Å². The van der Waals surface area contributed by atoms with Gasteiger partial charge < -0.3 is 23.8 Å². The first kappa shape index (κ1) is 23.4. The van der Waals surface area contributed by atoms with Gasteiger partial charge in [-0.1, -0.05) is 26.0 Å². The summed E-state index contributed by atoms with van der Waals surface area (Å²) in [5.74, 6) is 1.39. The Morgan fingerprint density at radius 2 is 1.88 bits per heavy atom. The van der Waals surface area contributed by atoms with Gasteiger partial charge in [0.1, 0.15) is 5.82 Å². The van der Waals surface area contributed by atoms with Crippen molar-refractivity contribution in [3.05, 3.63) is 63.8 Å². The van der Waals surface area contributed by atoms with E-state index < -0.39 is 5.63 Å². The van der Waals surface area contributed by atoms with Crippen LogP contribution < -0.4 is 20.4 Å². The number of hydrogen-bond acceptors (Lipinski definition) is 6. The zero-order valence-corrected chi connectivity index (χ0v) is 20.3. The van der Waals surface area contributed by atoms with Crippen LogP contribution in [0.15, 0.2) is 45.6 Å². The highest BCUT2D eigenvalue weighted by Gasteiger charge is 2.25. The number of rotatable bonds is 7. The van der Waals surface area contributed by atoms with Gasteiger partial charge in [0, 0.05) is 12.4 Å². The number of para-hydroxylation sites is 2. The van der Waals surface area contributed by atoms with Crippen molar-refractivity contribution >= 4 is 27.9 Å². The van der Waals surface area contributed by atoms with Gasteiger partial charge in [-0.25, -0.2) is 9.78 Å². The molecule has 0 saturated heterocycles. The van der Waals surface area contributed by atoms with E-state index in [4.69, 9.17) is 18.9 Å². The Balaban J connectivity index is 1.67. The minimum Gasteiger partial charge on any atom is -0.493 e. The van der Waals surface area contributed by atoms with E-state index in [2.05, 4.69) is 5.32 Å². The summed E-state index contributed by atoms with van der Waals surface area (Å²) in [4.78, 5) is 30.7. The van der Waals surface area contributed by atoms with Gasteiger partial charge in [-0.2, -0.15) is 0 Å². The second-order valence-corrected chi connectivity index (χ2v) is 8.65. The normalized spacial score (nSPS) is 12.3. The number of methoxy groups -OCH3 is 2. The van der Waals surface area contributed by atoms with Crippen LogP contribution in [0, 0.1) is 12.8 Å². The molecule has 2 aromatic heterocycles. The third kappa shape index (κ3) is 4.00. The van der Waals surface area contributed by atoms with Gasteiger partial charge >= 0.3 is 5.63 Å². The van der Waals surface area contributed by atoms with E-state index in [9.17, 15) is 9.59 Å². The molecule has 2 aromatic carbocycles. The lowest BCUT2D eigenvalue weighted by Crippen LogP contribution is -2.35. The molecule has 4 rings (SSSR count). The first-order valence-corrected chi connectivity index (χ1v) is 11.1. The summed E-state index contributed by atoms with van der Waals surface area (Å²) in [5.41, 5.74) is 2.57. The third-order valence-electron chi connectivity index (χ3n) is 6.22. The minimum atomic E-state index is -0.574. The topological polar surface area (TPSA) is 95.6 Å². The number of aromatic nitrogens is 2. The van der Waals surface area contributed by atoms with Gasteiger partial charge in [-0.15, -0.1) is 0 Å². The molecule has 178 valence electrons. The van der Waals surface area contributed by atoms with Crippen LogP contribution in [0.5, 0.6) is 11.5 Å². The van der Waals surface area contributed by atoms with Crippen LogP contribution in [-0.4, -0.2) is 29.7 Å². The Morgan fingerprint density at radius 3 is 2.53 bits per heavy atom. The van der Waals surface area contributed by atoms with Crippen molar-refractivity contribution < 1.29 is 18.7 Å². The number of carbonyl (C=O) groups is 1. The smallest absolute Gasteiger partial charge is 0.340 e. The van der Waals surface area contributed by atoms with Crippen LogP contribution in [-0.2, 0) is 18.3 Å². The monoisotopic (exact) mass is 463 g/mol. The predicted octanol–water partition coefficient (Wildman–Crippen LogP) is 4.06. The van der Waals surface area contributed by atoms with Crippen molar-refractivity contribution in [3.63, 3.8) is 0 Å². The minimum absolute atomic E-state index is 0.0882. The van der Waals surface area contributed by atoms with Crippen LogP contribution in [0.3, 0.4) is 0 Å². The fourth-order valence-electron chi connectivity index (χ4n) is 4.33. The van der Waals surface area contributed by atoms with Gasteiger partial charge in [0.15, 0.2) is 11.3 Å². The summed E-state index contributed by atoms with van der Waals surface area (Å²) in [5, 5.41) is 3.77. The summed E-state index contributed by atoms with van der Waals surface area (Å²) in [6.07, 6.45) is -0.106. The Morgan fingerprint density at radius 1 is 1.15 bits per heavy atom. The first-order valence-electron chi connectivity index (χ1n) is 11.1. The van der Waals surface area contributed by atoms with Crippen LogP contribution in [0.4, 0.5) is 0 Å². The van der Waals surface area contributed by atoms with Crippen molar-refractivity contribution in [1.29, 1.82) is 0 Å². The molecular weight excluding hydrogens is 434 g/mol. The van der Waals surface area contributed by atoms with Crippen molar-refractivity contribution in [1.82, 2.24) is 14.9 Å². The molecule has 1 amide bonds. The maximum absolute atomic E-state index is 13.1. The standard InChI is InChI=1S/C26H29N3O5/c1-14(2)22(25-27-18-9-7-8-10-19(18)29(25)4)28-21(30)13-17-15(3)16-11-12-20(32-5)24(33-6)23(16)34-26(17)31/h7-12,14,22H,13H2,1-6H3,(H,28,30)/t22-/m0/s1. The Bertz CT molecular complexity index is 1430. The molecule has 8 nitrogen and oxygen atoms in total. The second kappa shape index (κ2) is 9.21. The SMILES string of the molecule is COc1ccc2c(C)c(CC(=O)N[C@H](c3nc4ccccc4n3C)C(C)C)c(=O)oc2c1OC. The molecule has 2 heterocycles. The zero-order valence-electron chi connectivity index (χ0n) is 20.3. The van der Waals surface area contributed by atoms with Crippen molar-refractivity contribution in [2.75, 3.05) is 14.2 Å². The molecule has 8 heteroatoms. The Kier molecular flexibility index (Phi) is 6.32. The van der Waals surface area contributed by atoms with E-state index in [1.165, 1.54) is 14.2 Å². The quantitative estimate of drug-likeness (QED) is 0.415. The van der Waals surface area contributed by atoms with Crippen LogP contribution in [0.2, 0.25) is 0 Å². The fourth-order valence-corrected chi connectivity index (χ4v) is 4.33. The first-order chi connectivity index (χ1) is 16.3. The van der Waals surface area contributed by atoms with Gasteiger partial charge in [0.05, 0.1) is 43.3 Å². The van der Waals surface area contributed by atoms with E-state index in [0.717, 1.165) is 16.9 Å². The van der Waals surface area contributed by atoms with E-state index in [-0.39, 0.29) is 24.3 Å². The van der Waals surface area contributed by atoms with Crippen LogP contribution >= 0.6 is 0 Å². The largest absolute Gasteiger partial charge is 0.493 e. The predicted molar refractivity (Wildman–Crippen MR) is 130 cm³/mol. The fraction of sp³-hybridized carbons (Fsp3) is 0.346. The zero-order chi connectivity index (χ0) is 24.6. The maximum atomic E-state index is 13.1. The molecule has 0 radical (unpaired) electrons.